The third-order valence-corrected chi connectivity index (χ3v) is 2.92. The third-order valence-electron chi connectivity index (χ3n) is 2.32. The summed E-state index contributed by atoms with van der Waals surface area (Å²) in [6.45, 7) is 0.518. The lowest BCUT2D eigenvalue weighted by atomic mass is 10.3. The van der Waals surface area contributed by atoms with E-state index in [0.717, 1.165) is 0 Å². The molecule has 0 fully saturated rings. The van der Waals surface area contributed by atoms with Crippen molar-refractivity contribution in [3.63, 3.8) is 0 Å². The first-order chi connectivity index (χ1) is 8.66. The van der Waals surface area contributed by atoms with Crippen LogP contribution in [0.3, 0.4) is 0 Å². The largest absolute Gasteiger partial charge is 0.488 e. The molecule has 2 aromatic rings. The van der Waals surface area contributed by atoms with Crippen molar-refractivity contribution in [3.05, 3.63) is 47.0 Å². The molecule has 0 amide bonds. The number of ether oxygens (including phenoxy) is 1. The number of aliphatic hydroxyl groups excluding tert-OH is 1. The maximum absolute atomic E-state index is 9.80. The van der Waals surface area contributed by atoms with E-state index < -0.39 is 6.10 Å². The maximum Gasteiger partial charge on any atom is 0.156 e. The van der Waals surface area contributed by atoms with Crippen molar-refractivity contribution in [2.75, 3.05) is 6.61 Å². The van der Waals surface area contributed by atoms with E-state index in [2.05, 4.69) is 4.98 Å². The summed E-state index contributed by atoms with van der Waals surface area (Å²) >= 11 is 11.9. The Morgan fingerprint density at radius 1 is 1.33 bits per heavy atom. The van der Waals surface area contributed by atoms with Crippen LogP contribution in [0.2, 0.25) is 10.0 Å². The summed E-state index contributed by atoms with van der Waals surface area (Å²) in [5.74, 6) is 0.394. The van der Waals surface area contributed by atoms with Crippen molar-refractivity contribution in [2.45, 2.75) is 12.6 Å². The molecule has 0 aliphatic rings. The molecule has 0 saturated heterocycles. The molecule has 0 radical (unpaired) electrons. The molecule has 1 heterocycles. The topological polar surface area (TPSA) is 47.3 Å². The fraction of sp³-hybridized carbons (Fsp3) is 0.250. The van der Waals surface area contributed by atoms with Gasteiger partial charge in [0.05, 0.1) is 22.9 Å². The molecule has 1 N–H and O–H groups in total. The number of para-hydroxylation sites is 1. The third kappa shape index (κ3) is 3.38. The van der Waals surface area contributed by atoms with Crippen LogP contribution in [0.5, 0.6) is 5.75 Å². The standard InChI is InChI=1S/C12H12Cl2N2O2/c13-10-2-1-3-11(14)12(10)18-7-9(17)6-16-5-4-15-8-16/h1-5,8-9,17H,6-7H2. The molecule has 4 nitrogen and oxygen atoms in total. The molecule has 96 valence electrons. The molecular formula is C12H12Cl2N2O2. The van der Waals surface area contributed by atoms with Crippen LogP contribution in [0, 0.1) is 0 Å². The van der Waals surface area contributed by atoms with E-state index in [1.165, 1.54) is 0 Å². The minimum atomic E-state index is -0.661. The Morgan fingerprint density at radius 3 is 2.67 bits per heavy atom. The lowest BCUT2D eigenvalue weighted by Crippen LogP contribution is -2.23. The van der Waals surface area contributed by atoms with Gasteiger partial charge in [0.25, 0.3) is 0 Å². The minimum Gasteiger partial charge on any atom is -0.488 e. The zero-order chi connectivity index (χ0) is 13.0. The van der Waals surface area contributed by atoms with Crippen LogP contribution in [-0.4, -0.2) is 27.4 Å². The second-order valence-corrected chi connectivity index (χ2v) is 4.59. The van der Waals surface area contributed by atoms with Gasteiger partial charge in [0.1, 0.15) is 12.7 Å². The van der Waals surface area contributed by atoms with Gasteiger partial charge in [-0.15, -0.1) is 0 Å². The molecule has 0 aliphatic carbocycles. The second-order valence-electron chi connectivity index (χ2n) is 3.78. The van der Waals surface area contributed by atoms with Crippen LogP contribution in [0.15, 0.2) is 36.9 Å². The number of rotatable bonds is 5. The SMILES string of the molecule is OC(COc1c(Cl)cccc1Cl)Cn1ccnc1. The van der Waals surface area contributed by atoms with Gasteiger partial charge >= 0.3 is 0 Å². The van der Waals surface area contributed by atoms with Crippen molar-refractivity contribution in [3.8, 4) is 5.75 Å². The highest BCUT2D eigenvalue weighted by atomic mass is 35.5. The van der Waals surface area contributed by atoms with E-state index in [1.54, 1.807) is 41.5 Å². The molecule has 1 aromatic heterocycles. The van der Waals surface area contributed by atoms with Gasteiger partial charge in [-0.05, 0) is 12.1 Å². The number of hydrogen-bond acceptors (Lipinski definition) is 3. The van der Waals surface area contributed by atoms with Crippen molar-refractivity contribution >= 4 is 23.2 Å². The highest BCUT2D eigenvalue weighted by Gasteiger charge is 2.10. The summed E-state index contributed by atoms with van der Waals surface area (Å²) in [7, 11) is 0. The number of nitrogens with zero attached hydrogens (tertiary/aromatic N) is 2. The highest BCUT2D eigenvalue weighted by molar-refractivity contribution is 6.37. The zero-order valence-corrected chi connectivity index (χ0v) is 11.0. The Balaban J connectivity index is 1.91. The molecule has 0 aliphatic heterocycles. The van der Waals surface area contributed by atoms with Gasteiger partial charge in [-0.2, -0.15) is 0 Å². The van der Waals surface area contributed by atoms with E-state index in [4.69, 9.17) is 27.9 Å². The monoisotopic (exact) mass is 286 g/mol. The van der Waals surface area contributed by atoms with Crippen LogP contribution in [-0.2, 0) is 6.54 Å². The molecule has 0 bridgehead atoms. The van der Waals surface area contributed by atoms with E-state index in [0.29, 0.717) is 22.3 Å². The normalized spacial score (nSPS) is 12.4. The van der Waals surface area contributed by atoms with Crippen molar-refractivity contribution < 1.29 is 9.84 Å². The number of hydrogen-bond donors (Lipinski definition) is 1. The molecule has 0 saturated carbocycles. The van der Waals surface area contributed by atoms with Gasteiger partial charge in [0, 0.05) is 12.4 Å². The lowest BCUT2D eigenvalue weighted by molar-refractivity contribution is 0.0926. The molecular weight excluding hydrogens is 275 g/mol. The van der Waals surface area contributed by atoms with Crippen LogP contribution in [0.25, 0.3) is 0 Å². The molecule has 18 heavy (non-hydrogen) atoms. The lowest BCUT2D eigenvalue weighted by Gasteiger charge is -2.14. The van der Waals surface area contributed by atoms with Crippen LogP contribution >= 0.6 is 23.2 Å². The minimum absolute atomic E-state index is 0.113. The molecule has 6 heteroatoms. The van der Waals surface area contributed by atoms with E-state index in [9.17, 15) is 5.11 Å². The fourth-order valence-electron chi connectivity index (χ4n) is 1.49. The maximum atomic E-state index is 9.80. The van der Waals surface area contributed by atoms with Gasteiger partial charge in [0.15, 0.2) is 5.75 Å². The number of halogens is 2. The Kier molecular flexibility index (Phi) is 4.47. The summed E-state index contributed by atoms with van der Waals surface area (Å²) in [4.78, 5) is 3.89. The number of aromatic nitrogens is 2. The second kappa shape index (κ2) is 6.09. The summed E-state index contributed by atoms with van der Waals surface area (Å²) < 4.78 is 7.20. The van der Waals surface area contributed by atoms with Crippen LogP contribution in [0.4, 0.5) is 0 Å². The number of aliphatic hydroxyl groups is 1. The predicted octanol–water partition coefficient (Wildman–Crippen LogP) is 2.63. The van der Waals surface area contributed by atoms with Crippen molar-refractivity contribution in [1.82, 2.24) is 9.55 Å². The number of imidazole rings is 1. The smallest absolute Gasteiger partial charge is 0.156 e. The highest BCUT2D eigenvalue weighted by Crippen LogP contribution is 2.32. The summed E-state index contributed by atoms with van der Waals surface area (Å²) in [6.07, 6.45) is 4.39. The molecule has 2 rings (SSSR count). The van der Waals surface area contributed by atoms with Crippen molar-refractivity contribution in [1.29, 1.82) is 0 Å². The average Bonchev–Trinajstić information content (AvgIpc) is 2.81. The van der Waals surface area contributed by atoms with Crippen molar-refractivity contribution in [2.24, 2.45) is 0 Å². The molecule has 1 aromatic carbocycles. The first kappa shape index (κ1) is 13.2. The van der Waals surface area contributed by atoms with E-state index in [-0.39, 0.29) is 6.61 Å². The molecule has 1 atom stereocenters. The Morgan fingerprint density at radius 2 is 2.06 bits per heavy atom. The summed E-state index contributed by atoms with van der Waals surface area (Å²) in [5.41, 5.74) is 0. The molecule has 0 spiro atoms. The average molecular weight is 287 g/mol. The van der Waals surface area contributed by atoms with Crippen LogP contribution < -0.4 is 4.74 Å². The quantitative estimate of drug-likeness (QED) is 0.919. The fourth-order valence-corrected chi connectivity index (χ4v) is 2.00. The summed E-state index contributed by atoms with van der Waals surface area (Å²) in [6, 6.07) is 5.11. The van der Waals surface area contributed by atoms with Gasteiger partial charge < -0.3 is 14.4 Å². The number of benzene rings is 1. The zero-order valence-electron chi connectivity index (χ0n) is 9.46. The van der Waals surface area contributed by atoms with E-state index >= 15 is 0 Å². The Hall–Kier alpha value is -1.23. The first-order valence-electron chi connectivity index (χ1n) is 5.37. The van der Waals surface area contributed by atoms with Gasteiger partial charge in [0.2, 0.25) is 0 Å². The first-order valence-corrected chi connectivity index (χ1v) is 6.13. The Labute approximate surface area is 115 Å². The van der Waals surface area contributed by atoms with Gasteiger partial charge in [-0.25, -0.2) is 4.98 Å². The predicted molar refractivity (Wildman–Crippen MR) is 70.2 cm³/mol. The van der Waals surface area contributed by atoms with E-state index in [1.807, 2.05) is 0 Å². The molecule has 1 unspecified atom stereocenters. The van der Waals surface area contributed by atoms with Crippen LogP contribution in [0.1, 0.15) is 0 Å². The Bertz CT molecular complexity index is 483. The van der Waals surface area contributed by atoms with Gasteiger partial charge in [-0.1, -0.05) is 29.3 Å². The van der Waals surface area contributed by atoms with Gasteiger partial charge in [-0.3, -0.25) is 0 Å². The summed E-state index contributed by atoms with van der Waals surface area (Å²) in [5, 5.41) is 10.7.